The third kappa shape index (κ3) is 2.36. The minimum atomic E-state index is -1.14. The van der Waals surface area contributed by atoms with Crippen molar-refractivity contribution >= 4 is 17.6 Å². The first kappa shape index (κ1) is 12.7. The van der Waals surface area contributed by atoms with Crippen LogP contribution in [0.25, 0.3) is 0 Å². The number of carboxylic acids is 1. The van der Waals surface area contributed by atoms with Crippen molar-refractivity contribution in [3.05, 3.63) is 35.4 Å². The van der Waals surface area contributed by atoms with Crippen LogP contribution < -0.4 is 5.32 Å². The number of nitrogens with zero attached hydrogens (tertiary/aromatic N) is 1. The Labute approximate surface area is 115 Å². The van der Waals surface area contributed by atoms with E-state index in [1.54, 1.807) is 0 Å². The minimum Gasteiger partial charge on any atom is -0.477 e. The van der Waals surface area contributed by atoms with Gasteiger partial charge in [0.2, 0.25) is 6.10 Å². The number of amides is 1. The predicted molar refractivity (Wildman–Crippen MR) is 70.3 cm³/mol. The van der Waals surface area contributed by atoms with Gasteiger partial charge in [0.05, 0.1) is 0 Å². The van der Waals surface area contributed by atoms with Gasteiger partial charge in [0.1, 0.15) is 0 Å². The lowest BCUT2D eigenvalue weighted by molar-refractivity contribution is -0.132. The monoisotopic (exact) mass is 274 g/mol. The quantitative estimate of drug-likeness (QED) is 0.840. The second-order valence-electron chi connectivity index (χ2n) is 5.02. The van der Waals surface area contributed by atoms with E-state index >= 15 is 0 Å². The van der Waals surface area contributed by atoms with Crippen LogP contribution in [0.5, 0.6) is 0 Å². The summed E-state index contributed by atoms with van der Waals surface area (Å²) in [5.41, 5.74) is 2.38. The maximum atomic E-state index is 12.0. The molecular formula is C14H14N2O4. The van der Waals surface area contributed by atoms with Gasteiger partial charge in [-0.25, -0.2) is 4.79 Å². The summed E-state index contributed by atoms with van der Waals surface area (Å²) < 4.78 is 0. The van der Waals surface area contributed by atoms with Crippen molar-refractivity contribution in [3.63, 3.8) is 0 Å². The van der Waals surface area contributed by atoms with Gasteiger partial charge >= 0.3 is 5.97 Å². The van der Waals surface area contributed by atoms with E-state index in [1.165, 1.54) is 11.1 Å². The van der Waals surface area contributed by atoms with Gasteiger partial charge in [0.25, 0.3) is 5.91 Å². The SMILES string of the molecule is O=C(O)C1=NOC(C(=O)NC2Cc3ccccc3C2)C1. The Bertz CT molecular complexity index is 572. The Morgan fingerprint density at radius 1 is 1.20 bits per heavy atom. The number of nitrogens with one attached hydrogen (secondary N) is 1. The topological polar surface area (TPSA) is 88.0 Å². The molecule has 2 N–H and O–H groups in total. The van der Waals surface area contributed by atoms with E-state index in [4.69, 9.17) is 9.94 Å². The van der Waals surface area contributed by atoms with Crippen LogP contribution in [0.1, 0.15) is 17.5 Å². The second-order valence-corrected chi connectivity index (χ2v) is 5.02. The molecule has 1 aromatic rings. The third-order valence-electron chi connectivity index (χ3n) is 3.61. The number of oxime groups is 1. The smallest absolute Gasteiger partial charge is 0.353 e. The number of carbonyl (C=O) groups excluding carboxylic acids is 1. The zero-order valence-electron chi connectivity index (χ0n) is 10.7. The molecule has 0 saturated carbocycles. The number of carbonyl (C=O) groups is 2. The number of hydrogen-bond acceptors (Lipinski definition) is 4. The third-order valence-corrected chi connectivity index (χ3v) is 3.61. The van der Waals surface area contributed by atoms with Crippen molar-refractivity contribution in [1.29, 1.82) is 0 Å². The van der Waals surface area contributed by atoms with E-state index in [-0.39, 0.29) is 24.1 Å². The fraction of sp³-hybridized carbons (Fsp3) is 0.357. The first-order valence-corrected chi connectivity index (χ1v) is 6.46. The molecule has 0 fully saturated rings. The molecular weight excluding hydrogens is 260 g/mol. The maximum absolute atomic E-state index is 12.0. The molecule has 1 amide bonds. The van der Waals surface area contributed by atoms with E-state index in [9.17, 15) is 9.59 Å². The molecule has 2 aliphatic rings. The predicted octanol–water partition coefficient (Wildman–Crippen LogP) is 0.499. The molecule has 1 heterocycles. The Morgan fingerprint density at radius 3 is 2.40 bits per heavy atom. The number of hydrogen-bond donors (Lipinski definition) is 2. The van der Waals surface area contributed by atoms with Crippen LogP contribution in [-0.2, 0) is 27.3 Å². The average molecular weight is 274 g/mol. The van der Waals surface area contributed by atoms with E-state index in [0.29, 0.717) is 0 Å². The summed E-state index contributed by atoms with van der Waals surface area (Å²) in [5, 5.41) is 15.1. The van der Waals surface area contributed by atoms with Crippen molar-refractivity contribution in [1.82, 2.24) is 5.32 Å². The lowest BCUT2D eigenvalue weighted by Crippen LogP contribution is -2.42. The van der Waals surface area contributed by atoms with Crippen molar-refractivity contribution < 1.29 is 19.5 Å². The van der Waals surface area contributed by atoms with Crippen LogP contribution in [0.4, 0.5) is 0 Å². The number of fused-ring (bicyclic) bond motifs is 1. The number of rotatable bonds is 3. The Balaban J connectivity index is 1.56. The molecule has 0 saturated heterocycles. The lowest BCUT2D eigenvalue weighted by atomic mass is 10.1. The van der Waals surface area contributed by atoms with E-state index in [0.717, 1.165) is 12.8 Å². The van der Waals surface area contributed by atoms with Gasteiger partial charge in [0, 0.05) is 12.5 Å². The van der Waals surface area contributed by atoms with E-state index in [1.807, 2.05) is 12.1 Å². The van der Waals surface area contributed by atoms with Crippen molar-refractivity contribution in [2.45, 2.75) is 31.4 Å². The molecule has 1 aliphatic carbocycles. The van der Waals surface area contributed by atoms with Crippen molar-refractivity contribution in [2.75, 3.05) is 0 Å². The molecule has 0 radical (unpaired) electrons. The molecule has 3 rings (SSSR count). The van der Waals surface area contributed by atoms with Gasteiger partial charge in [0.15, 0.2) is 5.71 Å². The highest BCUT2D eigenvalue weighted by Gasteiger charge is 2.33. The fourth-order valence-electron chi connectivity index (χ4n) is 2.60. The van der Waals surface area contributed by atoms with Crippen LogP contribution in [0, 0.1) is 0 Å². The van der Waals surface area contributed by atoms with Crippen LogP contribution in [-0.4, -0.2) is 34.8 Å². The first-order chi connectivity index (χ1) is 9.63. The Kier molecular flexibility index (Phi) is 3.14. The highest BCUT2D eigenvalue weighted by molar-refractivity contribution is 6.36. The summed E-state index contributed by atoms with van der Waals surface area (Å²) in [6, 6.07) is 8.11. The molecule has 1 aromatic carbocycles. The Morgan fingerprint density at radius 2 is 1.85 bits per heavy atom. The average Bonchev–Trinajstić information content (AvgIpc) is 3.04. The zero-order valence-corrected chi connectivity index (χ0v) is 10.7. The largest absolute Gasteiger partial charge is 0.477 e. The van der Waals surface area contributed by atoms with Gasteiger partial charge in [-0.3, -0.25) is 4.79 Å². The number of benzene rings is 1. The molecule has 1 atom stereocenters. The van der Waals surface area contributed by atoms with Crippen molar-refractivity contribution in [2.24, 2.45) is 5.16 Å². The Hall–Kier alpha value is -2.37. The summed E-state index contributed by atoms with van der Waals surface area (Å²) >= 11 is 0. The first-order valence-electron chi connectivity index (χ1n) is 6.46. The van der Waals surface area contributed by atoms with Gasteiger partial charge in [-0.15, -0.1) is 0 Å². The normalized spacial score (nSPS) is 21.0. The molecule has 6 nitrogen and oxygen atoms in total. The molecule has 0 aromatic heterocycles. The number of carboxylic acid groups (broad SMARTS) is 1. The molecule has 0 bridgehead atoms. The molecule has 20 heavy (non-hydrogen) atoms. The minimum absolute atomic E-state index is 0.0147. The van der Waals surface area contributed by atoms with Gasteiger partial charge in [-0.1, -0.05) is 29.4 Å². The standard InChI is InChI=1S/C14H14N2O4/c17-13(12-7-11(14(18)19)16-20-12)15-10-5-8-3-1-2-4-9(8)6-10/h1-4,10,12H,5-7H2,(H,15,17)(H,18,19). The van der Waals surface area contributed by atoms with Crippen LogP contribution in [0.2, 0.25) is 0 Å². The van der Waals surface area contributed by atoms with Crippen LogP contribution in [0.3, 0.4) is 0 Å². The van der Waals surface area contributed by atoms with Gasteiger partial charge in [-0.2, -0.15) is 0 Å². The van der Waals surface area contributed by atoms with Gasteiger partial charge < -0.3 is 15.3 Å². The van der Waals surface area contributed by atoms with Gasteiger partial charge in [-0.05, 0) is 24.0 Å². The molecule has 0 spiro atoms. The van der Waals surface area contributed by atoms with E-state index in [2.05, 4.69) is 22.6 Å². The van der Waals surface area contributed by atoms with Crippen molar-refractivity contribution in [3.8, 4) is 0 Å². The molecule has 104 valence electrons. The summed E-state index contributed by atoms with van der Waals surface area (Å²) in [4.78, 5) is 27.6. The summed E-state index contributed by atoms with van der Waals surface area (Å²) in [7, 11) is 0. The lowest BCUT2D eigenvalue weighted by Gasteiger charge is -2.14. The van der Waals surface area contributed by atoms with Crippen LogP contribution >= 0.6 is 0 Å². The highest BCUT2D eigenvalue weighted by Crippen LogP contribution is 2.22. The summed E-state index contributed by atoms with van der Waals surface area (Å²) in [5.74, 6) is -1.45. The summed E-state index contributed by atoms with van der Waals surface area (Å²) in [6.45, 7) is 0. The number of aliphatic carboxylic acids is 1. The highest BCUT2D eigenvalue weighted by atomic mass is 16.6. The fourth-order valence-corrected chi connectivity index (χ4v) is 2.60. The zero-order chi connectivity index (χ0) is 14.1. The molecule has 1 unspecified atom stereocenters. The second kappa shape index (κ2) is 4.96. The summed E-state index contributed by atoms with van der Waals surface area (Å²) in [6.07, 6.45) is 0.772. The van der Waals surface area contributed by atoms with Crippen LogP contribution in [0.15, 0.2) is 29.4 Å². The molecule has 6 heteroatoms. The maximum Gasteiger partial charge on any atom is 0.353 e. The van der Waals surface area contributed by atoms with E-state index < -0.39 is 12.1 Å². The molecule has 1 aliphatic heterocycles.